The number of benzene rings is 1. The third kappa shape index (κ3) is 2.56. The topological polar surface area (TPSA) is 106 Å². The fourth-order valence-corrected chi connectivity index (χ4v) is 4.30. The van der Waals surface area contributed by atoms with E-state index in [1.165, 1.54) is 10.6 Å². The van der Waals surface area contributed by atoms with Gasteiger partial charge in [-0.2, -0.15) is 9.40 Å². The van der Waals surface area contributed by atoms with Gasteiger partial charge in [-0.1, -0.05) is 6.07 Å². The molecule has 2 heterocycles. The molecular weight excluding hydrogens is 340 g/mol. The van der Waals surface area contributed by atoms with Crippen LogP contribution in [0, 0.1) is 6.92 Å². The van der Waals surface area contributed by atoms with Crippen LogP contribution >= 0.6 is 0 Å². The van der Waals surface area contributed by atoms with Crippen LogP contribution in [0.5, 0.6) is 0 Å². The Bertz CT molecular complexity index is 1070. The van der Waals surface area contributed by atoms with Crippen LogP contribution < -0.4 is 5.73 Å². The predicted octanol–water partition coefficient (Wildman–Crippen LogP) is 1.46. The maximum atomic E-state index is 12.8. The smallest absolute Gasteiger partial charge is 0.243 e. The first kappa shape index (κ1) is 16.0. The summed E-state index contributed by atoms with van der Waals surface area (Å²) in [5.41, 5.74) is 8.62. The van der Waals surface area contributed by atoms with Crippen LogP contribution in [0.2, 0.25) is 0 Å². The van der Waals surface area contributed by atoms with Gasteiger partial charge in [0.15, 0.2) is 11.5 Å². The average Bonchev–Trinajstić information content (AvgIpc) is 3.34. The molecule has 25 heavy (non-hydrogen) atoms. The molecule has 8 nitrogen and oxygen atoms in total. The molecule has 2 N–H and O–H groups in total. The number of hydrogen-bond donors (Lipinski definition) is 1. The van der Waals surface area contributed by atoms with Gasteiger partial charge in [-0.25, -0.2) is 22.9 Å². The summed E-state index contributed by atoms with van der Waals surface area (Å²) < 4.78 is 28.7. The number of anilines is 1. The van der Waals surface area contributed by atoms with Crippen molar-refractivity contribution in [3.05, 3.63) is 36.3 Å². The summed E-state index contributed by atoms with van der Waals surface area (Å²) in [6.07, 6.45) is 4.81. The highest BCUT2D eigenvalue weighted by molar-refractivity contribution is 7.89. The second-order valence-corrected chi connectivity index (χ2v) is 8.25. The molecule has 9 heteroatoms. The Morgan fingerprint density at radius 3 is 2.76 bits per heavy atom. The van der Waals surface area contributed by atoms with Gasteiger partial charge in [-0.3, -0.25) is 0 Å². The van der Waals surface area contributed by atoms with Crippen LogP contribution in [0.4, 0.5) is 5.82 Å². The molecule has 0 amide bonds. The SMILES string of the molecule is Cc1ccc(S(=O)(=O)N(C)C2CC2)cc1-c1cnc2c(N)ncnn12. The van der Waals surface area contributed by atoms with Crippen molar-refractivity contribution in [1.82, 2.24) is 23.9 Å². The standard InChI is InChI=1S/C16H18N6O2S/c1-10-3-6-12(25(23,24)21(2)11-4-5-11)7-13(10)14-8-18-16-15(17)19-9-20-22(14)16/h3,6-9,11H,4-5H2,1-2H3,(H2,17,19,20). The van der Waals surface area contributed by atoms with Crippen LogP contribution in [-0.4, -0.2) is 45.4 Å². The molecule has 4 rings (SSSR count). The van der Waals surface area contributed by atoms with Crippen molar-refractivity contribution in [2.24, 2.45) is 0 Å². The van der Waals surface area contributed by atoms with E-state index in [-0.39, 0.29) is 16.8 Å². The van der Waals surface area contributed by atoms with Crippen molar-refractivity contribution >= 4 is 21.5 Å². The van der Waals surface area contributed by atoms with E-state index in [0.29, 0.717) is 11.3 Å². The summed E-state index contributed by atoms with van der Waals surface area (Å²) >= 11 is 0. The van der Waals surface area contributed by atoms with E-state index in [1.54, 1.807) is 36.0 Å². The molecule has 0 bridgehead atoms. The maximum absolute atomic E-state index is 12.8. The lowest BCUT2D eigenvalue weighted by atomic mass is 10.1. The number of fused-ring (bicyclic) bond motifs is 1. The van der Waals surface area contributed by atoms with Crippen molar-refractivity contribution in [2.45, 2.75) is 30.7 Å². The van der Waals surface area contributed by atoms with Gasteiger partial charge < -0.3 is 5.73 Å². The summed E-state index contributed by atoms with van der Waals surface area (Å²) in [5, 5.41) is 4.19. The molecule has 1 saturated carbocycles. The number of aryl methyl sites for hydroxylation is 1. The highest BCUT2D eigenvalue weighted by atomic mass is 32.2. The molecule has 0 radical (unpaired) electrons. The van der Waals surface area contributed by atoms with Gasteiger partial charge in [-0.15, -0.1) is 0 Å². The number of nitrogens with two attached hydrogens (primary N) is 1. The summed E-state index contributed by atoms with van der Waals surface area (Å²) in [7, 11) is -1.89. The van der Waals surface area contributed by atoms with Crippen LogP contribution in [0.25, 0.3) is 16.9 Å². The van der Waals surface area contributed by atoms with Gasteiger partial charge in [0.1, 0.15) is 6.33 Å². The van der Waals surface area contributed by atoms with E-state index in [0.717, 1.165) is 24.0 Å². The van der Waals surface area contributed by atoms with E-state index >= 15 is 0 Å². The zero-order valence-corrected chi connectivity index (χ0v) is 14.7. The Hall–Kier alpha value is -2.52. The highest BCUT2D eigenvalue weighted by Crippen LogP contribution is 2.33. The third-order valence-corrected chi connectivity index (χ3v) is 6.46. The van der Waals surface area contributed by atoms with Gasteiger partial charge >= 0.3 is 0 Å². The summed E-state index contributed by atoms with van der Waals surface area (Å²) in [6, 6.07) is 5.22. The van der Waals surface area contributed by atoms with Gasteiger partial charge in [0.2, 0.25) is 10.0 Å². The predicted molar refractivity (Wildman–Crippen MR) is 93.3 cm³/mol. The molecule has 3 aromatic rings. The average molecular weight is 358 g/mol. The first-order valence-corrected chi connectivity index (χ1v) is 9.37. The van der Waals surface area contributed by atoms with E-state index in [2.05, 4.69) is 15.1 Å². The fraction of sp³-hybridized carbons (Fsp3) is 0.312. The Labute approximate surface area is 145 Å². The Balaban J connectivity index is 1.86. The lowest BCUT2D eigenvalue weighted by molar-refractivity contribution is 0.464. The van der Waals surface area contributed by atoms with Crippen molar-refractivity contribution < 1.29 is 8.42 Å². The third-order valence-electron chi connectivity index (χ3n) is 4.55. The van der Waals surface area contributed by atoms with Crippen molar-refractivity contribution in [2.75, 3.05) is 12.8 Å². The van der Waals surface area contributed by atoms with Gasteiger partial charge in [-0.05, 0) is 37.5 Å². The molecule has 1 aliphatic carbocycles. The molecule has 1 aromatic carbocycles. The van der Waals surface area contributed by atoms with Crippen molar-refractivity contribution in [3.8, 4) is 11.3 Å². The van der Waals surface area contributed by atoms with Crippen LogP contribution in [-0.2, 0) is 10.0 Å². The van der Waals surface area contributed by atoms with E-state index in [1.807, 2.05) is 6.92 Å². The lowest BCUT2D eigenvalue weighted by Crippen LogP contribution is -2.29. The first-order valence-electron chi connectivity index (χ1n) is 7.93. The zero-order chi connectivity index (χ0) is 17.8. The molecule has 0 saturated heterocycles. The van der Waals surface area contributed by atoms with Crippen LogP contribution in [0.3, 0.4) is 0 Å². The minimum atomic E-state index is -3.52. The Kier molecular flexibility index (Phi) is 3.51. The second-order valence-electron chi connectivity index (χ2n) is 6.25. The number of imidazole rings is 1. The number of nitrogen functional groups attached to an aromatic ring is 1. The number of nitrogens with zero attached hydrogens (tertiary/aromatic N) is 5. The van der Waals surface area contributed by atoms with Crippen molar-refractivity contribution in [3.63, 3.8) is 0 Å². The largest absolute Gasteiger partial charge is 0.381 e. The number of sulfonamides is 1. The van der Waals surface area contributed by atoms with Gasteiger partial charge in [0.05, 0.1) is 16.8 Å². The molecule has 0 atom stereocenters. The fourth-order valence-electron chi connectivity index (χ4n) is 2.86. The van der Waals surface area contributed by atoms with Gasteiger partial charge in [0.25, 0.3) is 0 Å². The number of aromatic nitrogens is 4. The number of hydrogen-bond acceptors (Lipinski definition) is 6. The maximum Gasteiger partial charge on any atom is 0.243 e. The first-order chi connectivity index (χ1) is 11.9. The van der Waals surface area contributed by atoms with Gasteiger partial charge in [0, 0.05) is 18.7 Å². The van der Waals surface area contributed by atoms with E-state index in [9.17, 15) is 8.42 Å². The minimum absolute atomic E-state index is 0.109. The molecule has 1 fully saturated rings. The molecule has 2 aromatic heterocycles. The normalized spacial score (nSPS) is 15.2. The molecule has 0 aliphatic heterocycles. The summed E-state index contributed by atoms with van der Waals surface area (Å²) in [4.78, 5) is 8.44. The quantitative estimate of drug-likeness (QED) is 0.757. The highest BCUT2D eigenvalue weighted by Gasteiger charge is 2.35. The summed E-state index contributed by atoms with van der Waals surface area (Å²) in [5.74, 6) is 0.274. The number of rotatable bonds is 4. The molecular formula is C16H18N6O2S. The molecule has 0 unspecified atom stereocenters. The zero-order valence-electron chi connectivity index (χ0n) is 13.9. The second kappa shape index (κ2) is 5.50. The van der Waals surface area contributed by atoms with E-state index in [4.69, 9.17) is 5.73 Å². The molecule has 130 valence electrons. The minimum Gasteiger partial charge on any atom is -0.381 e. The molecule has 1 aliphatic rings. The molecule has 0 spiro atoms. The summed E-state index contributed by atoms with van der Waals surface area (Å²) in [6.45, 7) is 1.92. The van der Waals surface area contributed by atoms with Crippen LogP contribution in [0.1, 0.15) is 18.4 Å². The monoisotopic (exact) mass is 358 g/mol. The lowest BCUT2D eigenvalue weighted by Gasteiger charge is -2.17. The van der Waals surface area contributed by atoms with E-state index < -0.39 is 10.0 Å². The van der Waals surface area contributed by atoms with Crippen LogP contribution in [0.15, 0.2) is 35.6 Å². The van der Waals surface area contributed by atoms with Crippen molar-refractivity contribution in [1.29, 1.82) is 0 Å². The Morgan fingerprint density at radius 1 is 1.28 bits per heavy atom. The Morgan fingerprint density at radius 2 is 2.04 bits per heavy atom.